The third-order valence-corrected chi connectivity index (χ3v) is 6.22. The molecule has 1 aromatic carbocycles. The molecular weight excluding hydrogens is 392 g/mol. The maximum Gasteiger partial charge on any atom is 0.231 e. The number of ether oxygens (including phenoxy) is 1. The highest BCUT2D eigenvalue weighted by molar-refractivity contribution is 5.84. The molecule has 0 amide bonds. The SMILES string of the molecule is CNc1nc(Nc2cccc(N3CCN(CC4CCOCC4)CC3)c2)nc2nc[nH]c12. The maximum atomic E-state index is 5.50. The first-order valence-corrected chi connectivity index (χ1v) is 11.1. The van der Waals surface area contributed by atoms with Crippen LogP contribution >= 0.6 is 0 Å². The Balaban J connectivity index is 1.23. The lowest BCUT2D eigenvalue weighted by Crippen LogP contribution is -2.48. The zero-order valence-electron chi connectivity index (χ0n) is 18.0. The van der Waals surface area contributed by atoms with Gasteiger partial charge in [0, 0.05) is 64.4 Å². The number of fused-ring (bicyclic) bond motifs is 1. The number of aromatic amines is 1. The van der Waals surface area contributed by atoms with Gasteiger partial charge in [0.2, 0.25) is 5.95 Å². The molecule has 2 aliphatic heterocycles. The monoisotopic (exact) mass is 422 g/mol. The van der Waals surface area contributed by atoms with Gasteiger partial charge in [0.1, 0.15) is 5.52 Å². The highest BCUT2D eigenvalue weighted by Crippen LogP contribution is 2.25. The predicted molar refractivity (Wildman–Crippen MR) is 123 cm³/mol. The van der Waals surface area contributed by atoms with Gasteiger partial charge in [-0.2, -0.15) is 9.97 Å². The molecule has 0 spiro atoms. The molecule has 2 saturated heterocycles. The van der Waals surface area contributed by atoms with Crippen LogP contribution in [0.25, 0.3) is 11.2 Å². The molecule has 0 unspecified atom stereocenters. The van der Waals surface area contributed by atoms with E-state index in [2.05, 4.69) is 58.6 Å². The summed E-state index contributed by atoms with van der Waals surface area (Å²) < 4.78 is 5.50. The summed E-state index contributed by atoms with van der Waals surface area (Å²) >= 11 is 0. The van der Waals surface area contributed by atoms with Gasteiger partial charge in [-0.1, -0.05) is 6.07 Å². The Labute approximate surface area is 182 Å². The lowest BCUT2D eigenvalue weighted by molar-refractivity contribution is 0.0517. The number of rotatable bonds is 6. The summed E-state index contributed by atoms with van der Waals surface area (Å²) in [5.41, 5.74) is 3.64. The molecular formula is C22H30N8O. The normalized spacial score (nSPS) is 18.4. The van der Waals surface area contributed by atoms with Crippen molar-refractivity contribution in [2.75, 3.05) is 68.5 Å². The van der Waals surface area contributed by atoms with E-state index < -0.39 is 0 Å². The molecule has 164 valence electrons. The van der Waals surface area contributed by atoms with E-state index in [1.54, 1.807) is 6.33 Å². The van der Waals surface area contributed by atoms with Gasteiger partial charge < -0.3 is 25.3 Å². The van der Waals surface area contributed by atoms with Crippen molar-refractivity contribution < 1.29 is 4.74 Å². The van der Waals surface area contributed by atoms with Gasteiger partial charge in [0.15, 0.2) is 11.5 Å². The Hall–Kier alpha value is -2.91. The second kappa shape index (κ2) is 9.07. The average molecular weight is 423 g/mol. The minimum Gasteiger partial charge on any atom is -0.381 e. The van der Waals surface area contributed by atoms with Gasteiger partial charge in [-0.25, -0.2) is 4.98 Å². The summed E-state index contributed by atoms with van der Waals surface area (Å²) in [7, 11) is 1.84. The fourth-order valence-corrected chi connectivity index (χ4v) is 4.46. The highest BCUT2D eigenvalue weighted by Gasteiger charge is 2.22. The van der Waals surface area contributed by atoms with Crippen LogP contribution in [0, 0.1) is 5.92 Å². The molecule has 0 aliphatic carbocycles. The van der Waals surface area contributed by atoms with Crippen LogP contribution in [0.4, 0.5) is 23.1 Å². The van der Waals surface area contributed by atoms with E-state index in [0.29, 0.717) is 11.6 Å². The maximum absolute atomic E-state index is 5.50. The van der Waals surface area contributed by atoms with Crippen LogP contribution in [0.1, 0.15) is 12.8 Å². The first-order chi connectivity index (χ1) is 15.3. The molecule has 2 fully saturated rings. The van der Waals surface area contributed by atoms with Crippen LogP contribution in [-0.2, 0) is 4.74 Å². The number of H-pyrrole nitrogens is 1. The number of anilines is 4. The smallest absolute Gasteiger partial charge is 0.231 e. The molecule has 5 rings (SSSR count). The van der Waals surface area contributed by atoms with Crippen LogP contribution in [0.3, 0.4) is 0 Å². The standard InChI is InChI=1S/C22H30N8O/c1-23-20-19-21(25-15-24-19)28-22(27-20)26-17-3-2-4-18(13-17)30-9-7-29(8-10-30)14-16-5-11-31-12-6-16/h2-4,13,15-16H,5-12,14H2,1H3,(H3,23,24,25,26,27,28). The van der Waals surface area contributed by atoms with Gasteiger partial charge in [-0.3, -0.25) is 4.90 Å². The zero-order valence-corrected chi connectivity index (χ0v) is 18.0. The summed E-state index contributed by atoms with van der Waals surface area (Å²) in [5, 5.41) is 6.43. The number of aromatic nitrogens is 4. The number of nitrogens with one attached hydrogen (secondary N) is 3. The Morgan fingerprint density at radius 1 is 1.13 bits per heavy atom. The molecule has 3 aromatic rings. The minimum atomic E-state index is 0.530. The van der Waals surface area contributed by atoms with E-state index >= 15 is 0 Å². The minimum absolute atomic E-state index is 0.530. The van der Waals surface area contributed by atoms with E-state index in [0.717, 1.165) is 62.3 Å². The van der Waals surface area contributed by atoms with Gasteiger partial charge in [-0.05, 0) is 37.0 Å². The van der Waals surface area contributed by atoms with Crippen LogP contribution in [0.15, 0.2) is 30.6 Å². The summed E-state index contributed by atoms with van der Waals surface area (Å²) in [4.78, 5) is 21.5. The number of hydrogen-bond acceptors (Lipinski definition) is 8. The summed E-state index contributed by atoms with van der Waals surface area (Å²) in [6, 6.07) is 8.47. The molecule has 2 aliphatic rings. The molecule has 0 atom stereocenters. The fraction of sp³-hybridized carbons (Fsp3) is 0.500. The second-order valence-electron chi connectivity index (χ2n) is 8.27. The molecule has 3 N–H and O–H groups in total. The van der Waals surface area contributed by atoms with Crippen molar-refractivity contribution in [2.24, 2.45) is 5.92 Å². The molecule has 2 aromatic heterocycles. The predicted octanol–water partition coefficient (Wildman–Crippen LogP) is 2.69. The number of benzene rings is 1. The van der Waals surface area contributed by atoms with Crippen molar-refractivity contribution in [1.29, 1.82) is 0 Å². The van der Waals surface area contributed by atoms with E-state index in [-0.39, 0.29) is 0 Å². The van der Waals surface area contributed by atoms with Gasteiger partial charge in [0.25, 0.3) is 0 Å². The first kappa shape index (κ1) is 20.0. The zero-order chi connectivity index (χ0) is 21.0. The largest absolute Gasteiger partial charge is 0.381 e. The number of imidazole rings is 1. The van der Waals surface area contributed by atoms with E-state index in [4.69, 9.17) is 4.74 Å². The van der Waals surface area contributed by atoms with Crippen molar-refractivity contribution in [3.8, 4) is 0 Å². The van der Waals surface area contributed by atoms with Crippen molar-refractivity contribution in [3.63, 3.8) is 0 Å². The Morgan fingerprint density at radius 2 is 1.97 bits per heavy atom. The van der Waals surface area contributed by atoms with Crippen LogP contribution in [0.2, 0.25) is 0 Å². The van der Waals surface area contributed by atoms with Crippen LogP contribution in [-0.4, -0.2) is 77.8 Å². The van der Waals surface area contributed by atoms with Crippen molar-refractivity contribution >= 4 is 34.3 Å². The van der Waals surface area contributed by atoms with Gasteiger partial charge in [-0.15, -0.1) is 0 Å². The lowest BCUT2D eigenvalue weighted by Gasteiger charge is -2.38. The Kier molecular flexibility index (Phi) is 5.86. The van der Waals surface area contributed by atoms with Crippen LogP contribution in [0.5, 0.6) is 0 Å². The summed E-state index contributed by atoms with van der Waals surface area (Å²) in [6.07, 6.45) is 4.04. The molecule has 9 nitrogen and oxygen atoms in total. The van der Waals surface area contributed by atoms with E-state index in [9.17, 15) is 0 Å². The second-order valence-corrected chi connectivity index (χ2v) is 8.27. The first-order valence-electron chi connectivity index (χ1n) is 11.1. The molecule has 0 radical (unpaired) electrons. The summed E-state index contributed by atoms with van der Waals surface area (Å²) in [6.45, 7) is 7.38. The topological polar surface area (TPSA) is 94.2 Å². The Morgan fingerprint density at radius 3 is 2.77 bits per heavy atom. The number of nitrogens with zero attached hydrogens (tertiary/aromatic N) is 5. The molecule has 0 bridgehead atoms. The third kappa shape index (κ3) is 4.57. The average Bonchev–Trinajstić information content (AvgIpc) is 3.29. The molecule has 0 saturated carbocycles. The molecule has 31 heavy (non-hydrogen) atoms. The highest BCUT2D eigenvalue weighted by atomic mass is 16.5. The van der Waals surface area contributed by atoms with E-state index in [1.165, 1.54) is 25.1 Å². The quantitative estimate of drug-likeness (QED) is 0.558. The Bertz CT molecular complexity index is 1010. The van der Waals surface area contributed by atoms with Crippen molar-refractivity contribution in [2.45, 2.75) is 12.8 Å². The lowest BCUT2D eigenvalue weighted by atomic mass is 9.99. The number of hydrogen-bond donors (Lipinski definition) is 3. The summed E-state index contributed by atoms with van der Waals surface area (Å²) in [5.74, 6) is 2.05. The third-order valence-electron chi connectivity index (χ3n) is 6.22. The fourth-order valence-electron chi connectivity index (χ4n) is 4.46. The van der Waals surface area contributed by atoms with Crippen molar-refractivity contribution in [1.82, 2.24) is 24.8 Å². The molecule has 9 heteroatoms. The van der Waals surface area contributed by atoms with Gasteiger partial charge in [0.05, 0.1) is 6.33 Å². The van der Waals surface area contributed by atoms with E-state index in [1.807, 2.05) is 13.1 Å². The van der Waals surface area contributed by atoms with Gasteiger partial charge >= 0.3 is 0 Å². The molecule has 4 heterocycles. The number of piperazine rings is 1. The van der Waals surface area contributed by atoms with Crippen molar-refractivity contribution in [3.05, 3.63) is 30.6 Å². The van der Waals surface area contributed by atoms with Crippen LogP contribution < -0.4 is 15.5 Å².